The first-order chi connectivity index (χ1) is 21.4. The highest BCUT2D eigenvalue weighted by Gasteiger charge is 2.20. The Morgan fingerprint density at radius 1 is 0.750 bits per heavy atom. The molecule has 0 N–H and O–H groups in total. The van der Waals surface area contributed by atoms with E-state index in [2.05, 4.69) is 78.6 Å². The van der Waals surface area contributed by atoms with Crippen molar-refractivity contribution in [2.75, 3.05) is 27.3 Å². The molecule has 0 aliphatic rings. The Kier molecular flexibility index (Phi) is 13.2. The van der Waals surface area contributed by atoms with Crippen molar-refractivity contribution in [1.82, 2.24) is 4.90 Å². The summed E-state index contributed by atoms with van der Waals surface area (Å²) in [5, 5.41) is 0. The number of hydrogen-bond donors (Lipinski definition) is 0. The molecule has 1 heterocycles. The van der Waals surface area contributed by atoms with Gasteiger partial charge in [-0.25, -0.2) is 4.79 Å². The number of methoxy groups -OCH3 is 2. The van der Waals surface area contributed by atoms with Crippen LogP contribution in [-0.4, -0.2) is 44.1 Å². The minimum Gasteiger partial charge on any atom is -0.469 e. The van der Waals surface area contributed by atoms with Crippen LogP contribution in [0.2, 0.25) is 0 Å². The van der Waals surface area contributed by atoms with Crippen LogP contribution in [0.25, 0.3) is 0 Å². The zero-order chi connectivity index (χ0) is 31.1. The fourth-order valence-corrected chi connectivity index (χ4v) is 6.00. The van der Waals surface area contributed by atoms with Gasteiger partial charge >= 0.3 is 11.9 Å². The number of benzene rings is 3. The Labute approximate surface area is 265 Å². The molecule has 44 heavy (non-hydrogen) atoms. The lowest BCUT2D eigenvalue weighted by Gasteiger charge is -2.28. The van der Waals surface area contributed by atoms with Crippen LogP contribution in [0.15, 0.2) is 91.0 Å². The summed E-state index contributed by atoms with van der Waals surface area (Å²) < 4.78 is 16.3. The standard InChI is InChI=1S/C37H43NO5S/c1-28-12-23-35(44-28)34(43-27-32-17-15-30(16-18-32)14-13-29-9-5-4-6-10-29)26-38(24-8-7-11-36(39)41-2)25-31-19-21-33(22-20-31)37(40)42-3/h4-6,9-10,12,15-23,34H,7-8,11,13-14,24-27H2,1-3H3. The van der Waals surface area contributed by atoms with E-state index in [4.69, 9.17) is 14.2 Å². The average molecular weight is 614 g/mol. The molecule has 232 valence electrons. The van der Waals surface area contributed by atoms with E-state index in [0.717, 1.165) is 43.4 Å². The minimum atomic E-state index is -0.345. The summed E-state index contributed by atoms with van der Waals surface area (Å²) >= 11 is 1.76. The van der Waals surface area contributed by atoms with Crippen LogP contribution >= 0.6 is 11.3 Å². The molecular formula is C37H43NO5S. The second-order valence-corrected chi connectivity index (χ2v) is 12.3. The number of unbranched alkanes of at least 4 members (excludes halogenated alkanes) is 1. The number of aryl methyl sites for hydroxylation is 3. The first-order valence-corrected chi connectivity index (χ1v) is 16.0. The number of ether oxygens (including phenoxy) is 3. The Balaban J connectivity index is 1.42. The molecule has 4 aromatic rings. The maximum Gasteiger partial charge on any atom is 0.337 e. The van der Waals surface area contributed by atoms with Crippen molar-refractivity contribution in [3.05, 3.63) is 129 Å². The fourth-order valence-electron chi connectivity index (χ4n) is 5.08. The van der Waals surface area contributed by atoms with E-state index in [1.165, 1.54) is 35.1 Å². The van der Waals surface area contributed by atoms with Crippen molar-refractivity contribution in [3.8, 4) is 0 Å². The van der Waals surface area contributed by atoms with Gasteiger partial charge < -0.3 is 14.2 Å². The van der Waals surface area contributed by atoms with E-state index >= 15 is 0 Å². The number of nitrogens with zero attached hydrogens (tertiary/aromatic N) is 1. The van der Waals surface area contributed by atoms with E-state index in [1.54, 1.807) is 23.5 Å². The van der Waals surface area contributed by atoms with E-state index in [0.29, 0.717) is 31.7 Å². The Morgan fingerprint density at radius 2 is 1.41 bits per heavy atom. The fraction of sp³-hybridized carbons (Fsp3) is 0.351. The molecule has 0 aliphatic carbocycles. The molecule has 1 unspecified atom stereocenters. The van der Waals surface area contributed by atoms with Crippen molar-refractivity contribution in [2.24, 2.45) is 0 Å². The topological polar surface area (TPSA) is 65.1 Å². The predicted octanol–water partition coefficient (Wildman–Crippen LogP) is 7.73. The zero-order valence-electron chi connectivity index (χ0n) is 26.0. The summed E-state index contributed by atoms with van der Waals surface area (Å²) in [5.41, 5.74) is 5.44. The van der Waals surface area contributed by atoms with Gasteiger partial charge in [-0.1, -0.05) is 66.7 Å². The molecule has 7 heteroatoms. The molecule has 0 amide bonds. The van der Waals surface area contributed by atoms with Crippen LogP contribution in [0.3, 0.4) is 0 Å². The second-order valence-electron chi connectivity index (χ2n) is 11.0. The summed E-state index contributed by atoms with van der Waals surface area (Å²) in [7, 11) is 2.81. The normalized spacial score (nSPS) is 11.8. The van der Waals surface area contributed by atoms with Crippen LogP contribution in [0.4, 0.5) is 0 Å². The number of carbonyl (C=O) groups excluding carboxylic acids is 2. The third-order valence-corrected chi connectivity index (χ3v) is 8.73. The summed E-state index contributed by atoms with van der Waals surface area (Å²) in [6, 6.07) is 31.2. The first kappa shape index (κ1) is 33.1. The van der Waals surface area contributed by atoms with Gasteiger partial charge in [0.25, 0.3) is 0 Å². The van der Waals surface area contributed by atoms with E-state index in [-0.39, 0.29) is 18.0 Å². The lowest BCUT2D eigenvalue weighted by Crippen LogP contribution is -2.30. The number of rotatable bonds is 17. The van der Waals surface area contributed by atoms with Crippen molar-refractivity contribution in [1.29, 1.82) is 0 Å². The van der Waals surface area contributed by atoms with Gasteiger partial charge in [-0.05, 0) is 85.7 Å². The summed E-state index contributed by atoms with van der Waals surface area (Å²) in [5.74, 6) is -0.529. The molecule has 0 bridgehead atoms. The zero-order valence-corrected chi connectivity index (χ0v) is 26.8. The highest BCUT2D eigenvalue weighted by atomic mass is 32.1. The minimum absolute atomic E-state index is 0.110. The van der Waals surface area contributed by atoms with Crippen LogP contribution in [0.1, 0.15) is 67.7 Å². The summed E-state index contributed by atoms with van der Waals surface area (Å²) in [6.07, 6.45) is 3.94. The molecule has 0 spiro atoms. The van der Waals surface area contributed by atoms with Crippen LogP contribution in [-0.2, 0) is 45.0 Å². The highest BCUT2D eigenvalue weighted by Crippen LogP contribution is 2.28. The molecule has 1 aromatic heterocycles. The summed E-state index contributed by atoms with van der Waals surface area (Å²) in [6.45, 7) is 4.83. The lowest BCUT2D eigenvalue weighted by atomic mass is 10.0. The largest absolute Gasteiger partial charge is 0.469 e. The number of hydrogen-bond acceptors (Lipinski definition) is 7. The molecule has 0 saturated carbocycles. The van der Waals surface area contributed by atoms with Crippen molar-refractivity contribution in [3.63, 3.8) is 0 Å². The molecule has 6 nitrogen and oxygen atoms in total. The van der Waals surface area contributed by atoms with E-state index in [1.807, 2.05) is 12.1 Å². The molecule has 0 aliphatic heterocycles. The second kappa shape index (κ2) is 17.5. The molecule has 0 radical (unpaired) electrons. The Hall–Kier alpha value is -3.78. The third kappa shape index (κ3) is 10.7. The van der Waals surface area contributed by atoms with Gasteiger partial charge in [-0.2, -0.15) is 0 Å². The van der Waals surface area contributed by atoms with Gasteiger partial charge in [-0.15, -0.1) is 11.3 Å². The lowest BCUT2D eigenvalue weighted by molar-refractivity contribution is -0.140. The number of thiophene rings is 1. The first-order valence-electron chi connectivity index (χ1n) is 15.2. The van der Waals surface area contributed by atoms with Crippen LogP contribution < -0.4 is 0 Å². The van der Waals surface area contributed by atoms with E-state index in [9.17, 15) is 9.59 Å². The SMILES string of the molecule is COC(=O)CCCCN(Cc1ccc(C(=O)OC)cc1)CC(OCc1ccc(CCc2ccccc2)cc1)c1ccc(C)s1. The van der Waals surface area contributed by atoms with Crippen LogP contribution in [0, 0.1) is 6.92 Å². The number of carbonyl (C=O) groups is 2. The third-order valence-electron chi connectivity index (χ3n) is 7.64. The maximum atomic E-state index is 11.9. The van der Waals surface area contributed by atoms with Crippen molar-refractivity contribution < 1.29 is 23.8 Å². The highest BCUT2D eigenvalue weighted by molar-refractivity contribution is 7.12. The molecule has 0 fully saturated rings. The molecule has 3 aromatic carbocycles. The van der Waals surface area contributed by atoms with Gasteiger partial charge in [0.1, 0.15) is 6.10 Å². The quantitative estimate of drug-likeness (QED) is 0.0897. The van der Waals surface area contributed by atoms with Gasteiger partial charge in [0, 0.05) is 29.3 Å². The average Bonchev–Trinajstić information content (AvgIpc) is 3.50. The molecule has 0 saturated heterocycles. The van der Waals surface area contributed by atoms with E-state index < -0.39 is 0 Å². The van der Waals surface area contributed by atoms with Crippen LogP contribution in [0.5, 0.6) is 0 Å². The van der Waals surface area contributed by atoms with Gasteiger partial charge in [0.05, 0.1) is 26.4 Å². The number of esters is 2. The van der Waals surface area contributed by atoms with Crippen molar-refractivity contribution >= 4 is 23.3 Å². The van der Waals surface area contributed by atoms with Crippen molar-refractivity contribution in [2.45, 2.75) is 58.3 Å². The summed E-state index contributed by atoms with van der Waals surface area (Å²) in [4.78, 5) is 28.4. The van der Waals surface area contributed by atoms with Gasteiger partial charge in [0.15, 0.2) is 0 Å². The predicted molar refractivity (Wildman–Crippen MR) is 176 cm³/mol. The molecule has 4 rings (SSSR count). The smallest absolute Gasteiger partial charge is 0.337 e. The Bertz CT molecular complexity index is 1430. The molecular weight excluding hydrogens is 570 g/mol. The Morgan fingerprint density at radius 3 is 2.05 bits per heavy atom. The van der Waals surface area contributed by atoms with Gasteiger partial charge in [0.2, 0.25) is 0 Å². The monoisotopic (exact) mass is 613 g/mol. The molecule has 1 atom stereocenters. The van der Waals surface area contributed by atoms with Gasteiger partial charge in [-0.3, -0.25) is 9.69 Å². The maximum absolute atomic E-state index is 11.9.